The molecule has 0 radical (unpaired) electrons. The second-order valence-corrected chi connectivity index (χ2v) is 12.2. The summed E-state index contributed by atoms with van der Waals surface area (Å²) in [6.07, 6.45) is 0.239. The molecular formula is C36H60N6O12. The van der Waals surface area contributed by atoms with Gasteiger partial charge in [-0.2, -0.15) is 0 Å². The predicted molar refractivity (Wildman–Crippen MR) is 199 cm³/mol. The van der Waals surface area contributed by atoms with E-state index in [1.54, 1.807) is 0 Å². The number of carboxylic acids is 1. The van der Waals surface area contributed by atoms with Crippen LogP contribution in [0.5, 0.6) is 0 Å². The molecule has 2 aromatic rings. The SMILES string of the molecule is CNN(C)Cc1cc2ccccc2n1CCC(=O)N[C@@H](CO)C(=O)NCCOCCOCCOCCOCCOCCOCCC(=O)N(C)[C@@H](C)C(=O)O. The van der Waals surface area contributed by atoms with Crippen LogP contribution in [-0.2, 0) is 60.7 Å². The van der Waals surface area contributed by atoms with E-state index in [0.29, 0.717) is 79.2 Å². The summed E-state index contributed by atoms with van der Waals surface area (Å²) < 4.78 is 34.7. The smallest absolute Gasteiger partial charge is 0.326 e. The maximum absolute atomic E-state index is 12.7. The third kappa shape index (κ3) is 18.5. The molecule has 0 spiro atoms. The minimum Gasteiger partial charge on any atom is -0.480 e. The molecule has 3 amide bonds. The molecular weight excluding hydrogens is 708 g/mol. The van der Waals surface area contributed by atoms with Gasteiger partial charge in [0.1, 0.15) is 12.1 Å². The van der Waals surface area contributed by atoms with Crippen LogP contribution in [0.4, 0.5) is 0 Å². The van der Waals surface area contributed by atoms with Crippen LogP contribution in [0.15, 0.2) is 30.3 Å². The molecule has 0 fully saturated rings. The van der Waals surface area contributed by atoms with Crippen molar-refractivity contribution in [3.8, 4) is 0 Å². The number of likely N-dealkylation sites (N-methyl/N-ethyl adjacent to an activating group) is 1. The molecule has 0 saturated heterocycles. The summed E-state index contributed by atoms with van der Waals surface area (Å²) in [5.74, 6) is -2.19. The zero-order valence-corrected chi connectivity index (χ0v) is 32.1. The van der Waals surface area contributed by atoms with Gasteiger partial charge in [0.2, 0.25) is 17.7 Å². The topological polar surface area (TPSA) is 212 Å². The zero-order valence-electron chi connectivity index (χ0n) is 32.1. The Morgan fingerprint density at radius 1 is 0.796 bits per heavy atom. The fourth-order valence-electron chi connectivity index (χ4n) is 4.95. The van der Waals surface area contributed by atoms with Gasteiger partial charge in [0, 0.05) is 44.8 Å². The molecule has 0 bridgehead atoms. The number of aliphatic carboxylic acids is 1. The molecule has 2 atom stereocenters. The van der Waals surface area contributed by atoms with Crippen LogP contribution in [0.3, 0.4) is 0 Å². The molecule has 18 heteroatoms. The number of para-hydroxylation sites is 1. The molecule has 2 rings (SSSR count). The summed E-state index contributed by atoms with van der Waals surface area (Å²) >= 11 is 0. The van der Waals surface area contributed by atoms with Crippen LogP contribution >= 0.6 is 0 Å². The number of hydrogen-bond acceptors (Lipinski definition) is 13. The highest BCUT2D eigenvalue weighted by atomic mass is 16.6. The Labute approximate surface area is 317 Å². The first-order chi connectivity index (χ1) is 26.1. The average molecular weight is 769 g/mol. The summed E-state index contributed by atoms with van der Waals surface area (Å²) in [6, 6.07) is 8.12. The molecule has 0 aliphatic carbocycles. The Balaban J connectivity index is 1.41. The average Bonchev–Trinajstić information content (AvgIpc) is 3.51. The van der Waals surface area contributed by atoms with E-state index in [1.807, 2.05) is 43.4 Å². The summed E-state index contributed by atoms with van der Waals surface area (Å²) in [5.41, 5.74) is 5.15. The van der Waals surface area contributed by atoms with E-state index in [-0.39, 0.29) is 44.4 Å². The van der Waals surface area contributed by atoms with Gasteiger partial charge in [-0.05, 0) is 31.5 Å². The number of benzene rings is 1. The first-order valence-electron chi connectivity index (χ1n) is 18.2. The monoisotopic (exact) mass is 768 g/mol. The number of nitrogens with zero attached hydrogens (tertiary/aromatic N) is 3. The van der Waals surface area contributed by atoms with E-state index in [9.17, 15) is 24.3 Å². The number of hydrazine groups is 1. The highest BCUT2D eigenvalue weighted by molar-refractivity contribution is 5.88. The van der Waals surface area contributed by atoms with Crippen LogP contribution in [0.2, 0.25) is 0 Å². The lowest BCUT2D eigenvalue weighted by molar-refractivity contribution is -0.148. The van der Waals surface area contributed by atoms with Crippen LogP contribution in [0, 0.1) is 0 Å². The summed E-state index contributed by atoms with van der Waals surface area (Å²) in [5, 5.41) is 27.0. The number of aromatic nitrogens is 1. The van der Waals surface area contributed by atoms with Crippen LogP contribution in [-0.4, -0.2) is 174 Å². The third-order valence-corrected chi connectivity index (χ3v) is 8.27. The van der Waals surface area contributed by atoms with E-state index in [2.05, 4.69) is 26.7 Å². The Morgan fingerprint density at radius 3 is 1.87 bits per heavy atom. The lowest BCUT2D eigenvalue weighted by Gasteiger charge is -2.21. The molecule has 306 valence electrons. The normalized spacial score (nSPS) is 12.6. The van der Waals surface area contributed by atoms with Crippen molar-refractivity contribution in [1.29, 1.82) is 0 Å². The molecule has 1 aromatic carbocycles. The van der Waals surface area contributed by atoms with Crippen molar-refractivity contribution < 1.29 is 57.8 Å². The molecule has 1 heterocycles. The van der Waals surface area contributed by atoms with Crippen LogP contribution < -0.4 is 16.1 Å². The molecule has 0 aliphatic heterocycles. The number of rotatable bonds is 32. The molecule has 0 unspecified atom stereocenters. The van der Waals surface area contributed by atoms with Crippen molar-refractivity contribution in [2.45, 2.75) is 44.9 Å². The lowest BCUT2D eigenvalue weighted by atomic mass is 10.2. The van der Waals surface area contributed by atoms with Crippen LogP contribution in [0.25, 0.3) is 10.9 Å². The molecule has 18 nitrogen and oxygen atoms in total. The minimum absolute atomic E-state index is 0.0986. The molecule has 54 heavy (non-hydrogen) atoms. The van der Waals surface area contributed by atoms with Crippen molar-refractivity contribution in [2.75, 3.05) is 114 Å². The van der Waals surface area contributed by atoms with E-state index in [0.717, 1.165) is 16.6 Å². The van der Waals surface area contributed by atoms with Crippen molar-refractivity contribution >= 4 is 34.6 Å². The van der Waals surface area contributed by atoms with Gasteiger partial charge in [0.15, 0.2) is 0 Å². The summed E-state index contributed by atoms with van der Waals surface area (Å²) in [7, 11) is 5.23. The quantitative estimate of drug-likeness (QED) is 0.0475. The van der Waals surface area contributed by atoms with E-state index in [4.69, 9.17) is 33.5 Å². The Kier molecular flexibility index (Phi) is 23.9. The maximum atomic E-state index is 12.7. The second kappa shape index (κ2) is 27.8. The Bertz CT molecular complexity index is 1380. The second-order valence-electron chi connectivity index (χ2n) is 12.2. The lowest BCUT2D eigenvalue weighted by Crippen LogP contribution is -2.49. The molecule has 1 aromatic heterocycles. The summed E-state index contributed by atoms with van der Waals surface area (Å²) in [6.45, 7) is 6.33. The number of aliphatic hydroxyl groups is 1. The Hall–Kier alpha value is -3.72. The number of hydrogen-bond donors (Lipinski definition) is 5. The fraction of sp³-hybridized carbons (Fsp3) is 0.667. The highest BCUT2D eigenvalue weighted by Gasteiger charge is 2.22. The van der Waals surface area contributed by atoms with Crippen molar-refractivity contribution in [3.63, 3.8) is 0 Å². The van der Waals surface area contributed by atoms with Crippen molar-refractivity contribution in [1.82, 2.24) is 30.5 Å². The number of nitrogens with one attached hydrogen (secondary N) is 3. The standard InChI is InChI=1S/C36H60N6O12/c1-28(36(47)48)41(4)34(45)10-13-49-15-17-51-19-21-53-23-24-54-22-20-52-18-16-50-14-11-38-35(46)31(27-43)39-33(44)9-12-42-30(26-40(3)37-2)25-29-7-5-6-8-32(29)42/h5-8,25,28,31,37,43H,9-24,26-27H2,1-4H3,(H,38,46)(H,39,44)(H,47,48)/t28-,31-/m0/s1. The zero-order chi connectivity index (χ0) is 39.6. The van der Waals surface area contributed by atoms with Gasteiger partial charge in [0.25, 0.3) is 0 Å². The first-order valence-corrected chi connectivity index (χ1v) is 18.2. The van der Waals surface area contributed by atoms with Gasteiger partial charge < -0.3 is 58.7 Å². The Morgan fingerprint density at radius 2 is 1.33 bits per heavy atom. The minimum atomic E-state index is -1.07. The maximum Gasteiger partial charge on any atom is 0.326 e. The highest BCUT2D eigenvalue weighted by Crippen LogP contribution is 2.21. The number of aryl methyl sites for hydroxylation is 1. The number of carbonyl (C=O) groups excluding carboxylic acids is 3. The third-order valence-electron chi connectivity index (χ3n) is 8.27. The number of carboxylic acid groups (broad SMARTS) is 1. The van der Waals surface area contributed by atoms with Gasteiger partial charge in [-0.15, -0.1) is 0 Å². The van der Waals surface area contributed by atoms with Gasteiger partial charge in [-0.25, -0.2) is 9.80 Å². The fourth-order valence-corrected chi connectivity index (χ4v) is 4.95. The number of fused-ring (bicyclic) bond motifs is 1. The first kappa shape index (κ1) is 46.4. The largest absolute Gasteiger partial charge is 0.480 e. The number of ether oxygens (including phenoxy) is 6. The molecule has 0 aliphatic rings. The van der Waals surface area contributed by atoms with E-state index >= 15 is 0 Å². The van der Waals surface area contributed by atoms with Crippen molar-refractivity contribution in [2.24, 2.45) is 0 Å². The van der Waals surface area contributed by atoms with E-state index < -0.39 is 30.6 Å². The van der Waals surface area contributed by atoms with Crippen LogP contribution in [0.1, 0.15) is 25.5 Å². The van der Waals surface area contributed by atoms with Gasteiger partial charge in [-0.1, -0.05) is 18.2 Å². The molecule has 0 saturated carbocycles. The van der Waals surface area contributed by atoms with Gasteiger partial charge in [-0.3, -0.25) is 19.8 Å². The van der Waals surface area contributed by atoms with Gasteiger partial charge in [0.05, 0.1) is 98.9 Å². The summed E-state index contributed by atoms with van der Waals surface area (Å²) in [4.78, 5) is 49.3. The van der Waals surface area contributed by atoms with E-state index in [1.165, 1.54) is 18.9 Å². The number of aliphatic hydroxyl groups excluding tert-OH is 1. The predicted octanol–water partition coefficient (Wildman–Crippen LogP) is -0.388. The van der Waals surface area contributed by atoms with Gasteiger partial charge >= 0.3 is 5.97 Å². The number of amides is 3. The molecule has 5 N–H and O–H groups in total. The number of carbonyl (C=O) groups is 4. The van der Waals surface area contributed by atoms with Crippen molar-refractivity contribution in [3.05, 3.63) is 36.0 Å².